The highest BCUT2D eigenvalue weighted by Gasteiger charge is 2.46. The number of rotatable bonds is 7. The smallest absolute Gasteiger partial charge is 0.138 e. The molecule has 4 rings (SSSR count). The molecule has 4 atom stereocenters. The maximum absolute atomic E-state index is 5.86. The summed E-state index contributed by atoms with van der Waals surface area (Å²) < 4.78 is 16.5. The first-order chi connectivity index (χ1) is 9.38. The van der Waals surface area contributed by atoms with E-state index in [0.29, 0.717) is 18.3 Å². The van der Waals surface area contributed by atoms with Crippen molar-refractivity contribution in [3.05, 3.63) is 35.9 Å². The molecule has 3 saturated heterocycles. The van der Waals surface area contributed by atoms with Gasteiger partial charge in [0.15, 0.2) is 0 Å². The van der Waals surface area contributed by atoms with Gasteiger partial charge in [0.1, 0.15) is 12.3 Å². The molecule has 0 aromatic heterocycles. The highest BCUT2D eigenvalue weighted by molar-refractivity contribution is 5.17. The van der Waals surface area contributed by atoms with Crippen LogP contribution in [0.2, 0.25) is 0 Å². The maximum Gasteiger partial charge on any atom is 0.138 e. The summed E-state index contributed by atoms with van der Waals surface area (Å²) in [7, 11) is 0. The fraction of sp³-hybridized carbons (Fsp3) is 0.600. The Morgan fingerprint density at radius 1 is 1.00 bits per heavy atom. The molecule has 3 fully saturated rings. The first-order valence-corrected chi connectivity index (χ1v) is 7.05. The van der Waals surface area contributed by atoms with Crippen LogP contribution in [0, 0.1) is 0 Å². The largest absolute Gasteiger partial charge is 0.372 e. The van der Waals surface area contributed by atoms with Crippen LogP contribution in [-0.4, -0.2) is 55.7 Å². The van der Waals surface area contributed by atoms with Crippen LogP contribution in [0.3, 0.4) is 0 Å². The van der Waals surface area contributed by atoms with Crippen LogP contribution in [0.1, 0.15) is 5.56 Å². The Bertz CT molecular complexity index is 416. The predicted octanol–water partition coefficient (Wildman–Crippen LogP) is 1.05. The zero-order valence-electron chi connectivity index (χ0n) is 10.9. The zero-order valence-corrected chi connectivity index (χ0v) is 10.9. The Kier molecular flexibility index (Phi) is 3.04. The molecule has 0 radical (unpaired) electrons. The summed E-state index contributed by atoms with van der Waals surface area (Å²) >= 11 is 0. The Hall–Kier alpha value is -0.940. The lowest BCUT2D eigenvalue weighted by Crippen LogP contribution is -2.35. The van der Waals surface area contributed by atoms with Gasteiger partial charge < -0.3 is 14.2 Å². The molecule has 0 bridgehead atoms. The van der Waals surface area contributed by atoms with E-state index < -0.39 is 0 Å². The lowest BCUT2D eigenvalue weighted by molar-refractivity contribution is 0.149. The quantitative estimate of drug-likeness (QED) is 0.688. The zero-order chi connectivity index (χ0) is 12.7. The molecule has 4 heteroatoms. The molecule has 1 aromatic carbocycles. The van der Waals surface area contributed by atoms with Crippen molar-refractivity contribution in [3.63, 3.8) is 0 Å². The minimum absolute atomic E-state index is 0.258. The molecular formula is C15H19NO3. The fourth-order valence-corrected chi connectivity index (χ4v) is 2.60. The van der Waals surface area contributed by atoms with Crippen molar-refractivity contribution in [1.29, 1.82) is 0 Å². The second-order valence-corrected chi connectivity index (χ2v) is 5.62. The van der Waals surface area contributed by atoms with Gasteiger partial charge in [-0.2, -0.15) is 0 Å². The van der Waals surface area contributed by atoms with Crippen LogP contribution in [-0.2, 0) is 20.6 Å². The molecule has 0 spiro atoms. The average Bonchev–Trinajstić information content (AvgIpc) is 3.24. The van der Waals surface area contributed by atoms with Gasteiger partial charge in [0.2, 0.25) is 0 Å². The van der Waals surface area contributed by atoms with Crippen molar-refractivity contribution >= 4 is 0 Å². The van der Waals surface area contributed by atoms with E-state index in [1.54, 1.807) is 0 Å². The van der Waals surface area contributed by atoms with Gasteiger partial charge >= 0.3 is 0 Å². The van der Waals surface area contributed by atoms with E-state index in [-0.39, 0.29) is 6.23 Å². The van der Waals surface area contributed by atoms with E-state index in [9.17, 15) is 0 Å². The van der Waals surface area contributed by atoms with E-state index in [1.165, 1.54) is 5.56 Å². The summed E-state index contributed by atoms with van der Waals surface area (Å²) in [5, 5.41) is 0. The lowest BCUT2D eigenvalue weighted by Gasteiger charge is -2.17. The third-order valence-electron chi connectivity index (χ3n) is 3.88. The molecular weight excluding hydrogens is 242 g/mol. The maximum atomic E-state index is 5.86. The summed E-state index contributed by atoms with van der Waals surface area (Å²) in [4.78, 5) is 2.39. The monoisotopic (exact) mass is 261 g/mol. The first kappa shape index (κ1) is 11.9. The summed E-state index contributed by atoms with van der Waals surface area (Å²) in [6.07, 6.45) is 2.42. The number of hydrogen-bond donors (Lipinski definition) is 0. The highest BCUT2D eigenvalue weighted by atomic mass is 16.6. The lowest BCUT2D eigenvalue weighted by atomic mass is 10.1. The van der Waals surface area contributed by atoms with Gasteiger partial charge in [0.05, 0.1) is 25.4 Å². The Morgan fingerprint density at radius 2 is 1.63 bits per heavy atom. The van der Waals surface area contributed by atoms with Crippen LogP contribution in [0.4, 0.5) is 0 Å². The molecule has 0 saturated carbocycles. The van der Waals surface area contributed by atoms with E-state index in [1.807, 2.05) is 0 Å². The third-order valence-corrected chi connectivity index (χ3v) is 3.88. The van der Waals surface area contributed by atoms with Crippen molar-refractivity contribution in [2.24, 2.45) is 0 Å². The first-order valence-electron chi connectivity index (χ1n) is 7.05. The summed E-state index contributed by atoms with van der Waals surface area (Å²) in [5.74, 6) is 0. The van der Waals surface area contributed by atoms with E-state index in [4.69, 9.17) is 14.2 Å². The number of ether oxygens (including phenoxy) is 3. The Morgan fingerprint density at radius 3 is 2.21 bits per heavy atom. The molecule has 1 aromatic rings. The molecule has 0 amide bonds. The summed E-state index contributed by atoms with van der Waals surface area (Å²) in [5.41, 5.74) is 1.35. The Balaban J connectivity index is 1.33. The van der Waals surface area contributed by atoms with Crippen LogP contribution in [0.5, 0.6) is 0 Å². The van der Waals surface area contributed by atoms with Crippen molar-refractivity contribution in [3.8, 4) is 0 Å². The van der Waals surface area contributed by atoms with Crippen molar-refractivity contribution in [2.75, 3.05) is 26.3 Å². The Labute approximate surface area is 113 Å². The van der Waals surface area contributed by atoms with E-state index in [2.05, 4.69) is 35.2 Å². The molecule has 3 aliphatic heterocycles. The van der Waals surface area contributed by atoms with Gasteiger partial charge in [-0.15, -0.1) is 0 Å². The standard InChI is InChI=1S/C15H19NO3/c1-2-4-11(5-3-1)6-14-15(19-14)16(7-12-9-17-12)8-13-10-18-13/h1-5,12-15H,6-10H2. The van der Waals surface area contributed by atoms with Crippen LogP contribution in [0.15, 0.2) is 30.3 Å². The number of hydrogen-bond acceptors (Lipinski definition) is 4. The van der Waals surface area contributed by atoms with Crippen LogP contribution >= 0.6 is 0 Å². The molecule has 102 valence electrons. The summed E-state index contributed by atoms with van der Waals surface area (Å²) in [6.45, 7) is 3.77. The van der Waals surface area contributed by atoms with Gasteiger partial charge in [0, 0.05) is 19.5 Å². The minimum atomic E-state index is 0.258. The minimum Gasteiger partial charge on any atom is -0.372 e. The highest BCUT2D eigenvalue weighted by Crippen LogP contribution is 2.32. The fourth-order valence-electron chi connectivity index (χ4n) is 2.60. The van der Waals surface area contributed by atoms with Gasteiger partial charge in [0.25, 0.3) is 0 Å². The molecule has 0 N–H and O–H groups in total. The van der Waals surface area contributed by atoms with E-state index in [0.717, 1.165) is 32.7 Å². The van der Waals surface area contributed by atoms with Gasteiger partial charge in [-0.05, 0) is 5.56 Å². The SMILES string of the molecule is c1ccc(CC2OC2N(CC2CO2)CC2CO2)cc1. The van der Waals surface area contributed by atoms with Gasteiger partial charge in [-0.1, -0.05) is 30.3 Å². The molecule has 3 aliphatic rings. The third kappa shape index (κ3) is 3.15. The molecule has 19 heavy (non-hydrogen) atoms. The number of epoxide rings is 3. The summed E-state index contributed by atoms with van der Waals surface area (Å²) in [6, 6.07) is 10.5. The molecule has 4 nitrogen and oxygen atoms in total. The second-order valence-electron chi connectivity index (χ2n) is 5.62. The van der Waals surface area contributed by atoms with Crippen molar-refractivity contribution < 1.29 is 14.2 Å². The van der Waals surface area contributed by atoms with Gasteiger partial charge in [-0.3, -0.25) is 4.90 Å². The molecule has 0 aliphatic carbocycles. The van der Waals surface area contributed by atoms with E-state index >= 15 is 0 Å². The second kappa shape index (κ2) is 4.87. The predicted molar refractivity (Wildman–Crippen MR) is 69.9 cm³/mol. The molecule has 4 unspecified atom stereocenters. The number of benzene rings is 1. The van der Waals surface area contributed by atoms with Crippen LogP contribution in [0.25, 0.3) is 0 Å². The number of nitrogens with zero attached hydrogens (tertiary/aromatic N) is 1. The van der Waals surface area contributed by atoms with Gasteiger partial charge in [-0.25, -0.2) is 0 Å². The van der Waals surface area contributed by atoms with Crippen molar-refractivity contribution in [2.45, 2.75) is 31.0 Å². The van der Waals surface area contributed by atoms with Crippen molar-refractivity contribution in [1.82, 2.24) is 4.90 Å². The molecule has 3 heterocycles. The topological polar surface area (TPSA) is 40.8 Å². The normalized spacial score (nSPS) is 35.4. The van der Waals surface area contributed by atoms with Crippen LogP contribution < -0.4 is 0 Å². The average molecular weight is 261 g/mol.